The van der Waals surface area contributed by atoms with Gasteiger partial charge in [-0.25, -0.2) is 4.79 Å². The molecule has 0 bridgehead atoms. The Kier molecular flexibility index (Phi) is 3.17. The van der Waals surface area contributed by atoms with E-state index < -0.39 is 23.6 Å². The van der Waals surface area contributed by atoms with Crippen LogP contribution in [-0.2, 0) is 9.59 Å². The zero-order valence-electron chi connectivity index (χ0n) is 6.52. The van der Waals surface area contributed by atoms with E-state index in [1.807, 2.05) is 0 Å². The van der Waals surface area contributed by atoms with Gasteiger partial charge in [-0.1, -0.05) is 6.92 Å². The summed E-state index contributed by atoms with van der Waals surface area (Å²) in [5, 5.41) is 25.7. The number of nitrogens with two attached hydrogens (primary N) is 1. The van der Waals surface area contributed by atoms with Crippen molar-refractivity contribution in [2.24, 2.45) is 5.73 Å². The summed E-state index contributed by atoms with van der Waals surface area (Å²) in [6, 6.07) is 0. The normalized spacial score (nSPS) is 17.9. The van der Waals surface area contributed by atoms with E-state index in [9.17, 15) is 9.59 Å². The van der Waals surface area contributed by atoms with Crippen LogP contribution in [-0.4, -0.2) is 38.9 Å². The third-order valence-electron chi connectivity index (χ3n) is 1.71. The first-order valence-corrected chi connectivity index (χ1v) is 3.29. The predicted octanol–water partition coefficient (Wildman–Crippen LogP) is -1.38. The summed E-state index contributed by atoms with van der Waals surface area (Å²) in [4.78, 5) is 20.7. The first-order chi connectivity index (χ1) is 5.36. The maximum Gasteiger partial charge on any atom is 0.335 e. The molecule has 0 amide bonds. The van der Waals surface area contributed by atoms with Crippen LogP contribution in [0.15, 0.2) is 0 Å². The van der Waals surface area contributed by atoms with Crippen molar-refractivity contribution < 1.29 is 24.9 Å². The van der Waals surface area contributed by atoms with Crippen LogP contribution >= 0.6 is 0 Å². The minimum absolute atomic E-state index is 0.157. The molecule has 0 aliphatic carbocycles. The highest BCUT2D eigenvalue weighted by atomic mass is 16.4. The maximum atomic E-state index is 10.4. The van der Waals surface area contributed by atoms with E-state index in [1.165, 1.54) is 6.92 Å². The highest BCUT2D eigenvalue weighted by molar-refractivity contribution is 5.88. The Hall–Kier alpha value is -1.14. The lowest BCUT2D eigenvalue weighted by Crippen LogP contribution is -2.59. The van der Waals surface area contributed by atoms with Crippen LogP contribution in [0.4, 0.5) is 0 Å². The van der Waals surface area contributed by atoms with Crippen molar-refractivity contribution >= 4 is 11.9 Å². The number of aliphatic hydroxyl groups is 1. The van der Waals surface area contributed by atoms with E-state index >= 15 is 0 Å². The largest absolute Gasteiger partial charge is 0.480 e. The molecule has 12 heavy (non-hydrogen) atoms. The third kappa shape index (κ3) is 1.72. The molecular weight excluding hydrogens is 166 g/mol. The molecule has 0 aromatic carbocycles. The number of carbonyl (C=O) groups is 2. The van der Waals surface area contributed by atoms with E-state index in [-0.39, 0.29) is 6.42 Å². The number of aliphatic hydroxyl groups excluding tert-OH is 1. The molecule has 5 N–H and O–H groups in total. The van der Waals surface area contributed by atoms with E-state index in [0.29, 0.717) is 0 Å². The number of hydrogen-bond donors (Lipinski definition) is 4. The molecule has 0 radical (unpaired) electrons. The Labute approximate surface area is 68.6 Å². The molecule has 70 valence electrons. The molecule has 0 saturated carbocycles. The van der Waals surface area contributed by atoms with Crippen LogP contribution in [0.2, 0.25) is 0 Å². The summed E-state index contributed by atoms with van der Waals surface area (Å²) in [5.41, 5.74) is 3.05. The molecule has 0 saturated heterocycles. The molecule has 0 fully saturated rings. The van der Waals surface area contributed by atoms with Crippen LogP contribution in [0.5, 0.6) is 0 Å². The number of rotatable bonds is 4. The predicted molar refractivity (Wildman–Crippen MR) is 38.5 cm³/mol. The monoisotopic (exact) mass is 177 g/mol. The van der Waals surface area contributed by atoms with Gasteiger partial charge in [-0.3, -0.25) is 4.79 Å². The zero-order chi connectivity index (χ0) is 9.94. The van der Waals surface area contributed by atoms with Crippen molar-refractivity contribution in [3.05, 3.63) is 0 Å². The van der Waals surface area contributed by atoms with Gasteiger partial charge >= 0.3 is 11.9 Å². The molecule has 0 heterocycles. The van der Waals surface area contributed by atoms with Gasteiger partial charge in [0.05, 0.1) is 0 Å². The highest BCUT2D eigenvalue weighted by Gasteiger charge is 2.44. The second kappa shape index (κ2) is 3.51. The Balaban J connectivity index is 4.75. The van der Waals surface area contributed by atoms with Gasteiger partial charge in [0.2, 0.25) is 0 Å². The highest BCUT2D eigenvalue weighted by Crippen LogP contribution is 2.12. The van der Waals surface area contributed by atoms with Gasteiger partial charge in [-0.05, 0) is 6.42 Å². The van der Waals surface area contributed by atoms with Gasteiger partial charge < -0.3 is 21.1 Å². The molecule has 6 heteroatoms. The summed E-state index contributed by atoms with van der Waals surface area (Å²) < 4.78 is 0. The standard InChI is InChI=1S/C6H11NO5/c1-2-6(7,5(11)12)3(8)4(9)10/h3,8H,2,7H2,1H3,(H,9,10)(H,11,12). The van der Waals surface area contributed by atoms with Crippen LogP contribution in [0.1, 0.15) is 13.3 Å². The van der Waals surface area contributed by atoms with Crippen LogP contribution in [0.3, 0.4) is 0 Å². The molecule has 0 aromatic rings. The van der Waals surface area contributed by atoms with Crippen LogP contribution in [0.25, 0.3) is 0 Å². The van der Waals surface area contributed by atoms with E-state index in [4.69, 9.17) is 21.1 Å². The Bertz CT molecular complexity index is 204. The van der Waals surface area contributed by atoms with E-state index in [2.05, 4.69) is 0 Å². The maximum absolute atomic E-state index is 10.4. The summed E-state index contributed by atoms with van der Waals surface area (Å²) in [6.07, 6.45) is -2.24. The lowest BCUT2D eigenvalue weighted by Gasteiger charge is -2.25. The van der Waals surface area contributed by atoms with E-state index in [1.54, 1.807) is 0 Å². The first kappa shape index (κ1) is 10.9. The number of carboxylic acids is 2. The topological polar surface area (TPSA) is 121 Å². The first-order valence-electron chi connectivity index (χ1n) is 3.29. The van der Waals surface area contributed by atoms with Gasteiger partial charge in [0.1, 0.15) is 0 Å². The van der Waals surface area contributed by atoms with Crippen molar-refractivity contribution in [2.45, 2.75) is 25.0 Å². The van der Waals surface area contributed by atoms with Crippen molar-refractivity contribution in [3.63, 3.8) is 0 Å². The summed E-state index contributed by atoms with van der Waals surface area (Å²) in [6.45, 7) is 1.39. The summed E-state index contributed by atoms with van der Waals surface area (Å²) in [5.74, 6) is -3.17. The van der Waals surface area contributed by atoms with Crippen molar-refractivity contribution in [1.29, 1.82) is 0 Å². The van der Waals surface area contributed by atoms with Gasteiger partial charge in [-0.15, -0.1) is 0 Å². The summed E-state index contributed by atoms with van der Waals surface area (Å²) >= 11 is 0. The fourth-order valence-electron chi connectivity index (χ4n) is 0.682. The number of aliphatic carboxylic acids is 2. The Morgan fingerprint density at radius 3 is 2.00 bits per heavy atom. The average molecular weight is 177 g/mol. The fraction of sp³-hybridized carbons (Fsp3) is 0.667. The Morgan fingerprint density at radius 2 is 1.92 bits per heavy atom. The molecule has 0 aromatic heterocycles. The molecule has 0 aliphatic rings. The Morgan fingerprint density at radius 1 is 1.50 bits per heavy atom. The number of hydrogen-bond acceptors (Lipinski definition) is 4. The van der Waals surface area contributed by atoms with Crippen molar-refractivity contribution in [1.82, 2.24) is 0 Å². The zero-order valence-corrected chi connectivity index (χ0v) is 6.52. The second-order valence-corrected chi connectivity index (χ2v) is 2.44. The minimum atomic E-state index is -2.11. The van der Waals surface area contributed by atoms with Gasteiger partial charge in [0.25, 0.3) is 0 Å². The second-order valence-electron chi connectivity index (χ2n) is 2.44. The van der Waals surface area contributed by atoms with Crippen LogP contribution < -0.4 is 5.73 Å². The molecule has 0 aliphatic heterocycles. The molecular formula is C6H11NO5. The smallest absolute Gasteiger partial charge is 0.335 e. The van der Waals surface area contributed by atoms with Crippen molar-refractivity contribution in [2.75, 3.05) is 0 Å². The number of carboxylic acid groups (broad SMARTS) is 2. The van der Waals surface area contributed by atoms with Gasteiger partial charge in [0, 0.05) is 0 Å². The molecule has 6 nitrogen and oxygen atoms in total. The van der Waals surface area contributed by atoms with Crippen molar-refractivity contribution in [3.8, 4) is 0 Å². The fourth-order valence-corrected chi connectivity index (χ4v) is 0.682. The quantitative estimate of drug-likeness (QED) is 0.420. The lowest BCUT2D eigenvalue weighted by atomic mass is 9.91. The SMILES string of the molecule is CCC(N)(C(=O)O)C(O)C(=O)O. The molecule has 0 spiro atoms. The van der Waals surface area contributed by atoms with E-state index in [0.717, 1.165) is 0 Å². The molecule has 2 atom stereocenters. The summed E-state index contributed by atoms with van der Waals surface area (Å²) in [7, 11) is 0. The lowest BCUT2D eigenvalue weighted by molar-refractivity contribution is -0.161. The van der Waals surface area contributed by atoms with Gasteiger partial charge in [0.15, 0.2) is 11.6 Å². The molecule has 2 unspecified atom stereocenters. The molecule has 0 rings (SSSR count). The minimum Gasteiger partial charge on any atom is -0.480 e. The third-order valence-corrected chi connectivity index (χ3v) is 1.71. The van der Waals surface area contributed by atoms with Crippen LogP contribution in [0, 0.1) is 0 Å². The van der Waals surface area contributed by atoms with Gasteiger partial charge in [-0.2, -0.15) is 0 Å². The average Bonchev–Trinajstić information content (AvgIpc) is 2.01.